The summed E-state index contributed by atoms with van der Waals surface area (Å²) in [6.07, 6.45) is 1.19. The van der Waals surface area contributed by atoms with Crippen LogP contribution in [0.1, 0.15) is 41.7 Å². The number of nitrogens with one attached hydrogen (secondary N) is 1. The van der Waals surface area contributed by atoms with Crippen LogP contribution in [-0.4, -0.2) is 31.9 Å². The first kappa shape index (κ1) is 24.6. The molecule has 0 saturated heterocycles. The van der Waals surface area contributed by atoms with Gasteiger partial charge in [0.1, 0.15) is 12.4 Å². The first-order valence-electron chi connectivity index (χ1n) is 11.4. The van der Waals surface area contributed by atoms with Gasteiger partial charge in [0.15, 0.2) is 11.5 Å². The van der Waals surface area contributed by atoms with E-state index in [-0.39, 0.29) is 6.04 Å². The van der Waals surface area contributed by atoms with Crippen LogP contribution < -0.4 is 19.5 Å². The number of benzene rings is 3. The molecule has 176 valence electrons. The SMILES string of the molecule is COc1cccc(CCCNC(C)C(O)c2ccc(OCc3ccccc3)c(C)c2)c1OC. The van der Waals surface area contributed by atoms with E-state index in [1.165, 1.54) is 0 Å². The fourth-order valence-corrected chi connectivity index (χ4v) is 3.91. The van der Waals surface area contributed by atoms with Crippen LogP contribution in [0.5, 0.6) is 17.2 Å². The first-order valence-corrected chi connectivity index (χ1v) is 11.4. The molecule has 0 aromatic heterocycles. The van der Waals surface area contributed by atoms with Gasteiger partial charge in [-0.15, -0.1) is 0 Å². The van der Waals surface area contributed by atoms with Crippen molar-refractivity contribution in [3.8, 4) is 17.2 Å². The Bertz CT molecular complexity index is 1010. The Morgan fingerprint density at radius 2 is 1.70 bits per heavy atom. The van der Waals surface area contributed by atoms with Gasteiger partial charge in [-0.1, -0.05) is 48.5 Å². The van der Waals surface area contributed by atoms with E-state index in [9.17, 15) is 5.11 Å². The largest absolute Gasteiger partial charge is 0.493 e. The van der Waals surface area contributed by atoms with E-state index in [4.69, 9.17) is 14.2 Å². The number of aliphatic hydroxyl groups is 1. The van der Waals surface area contributed by atoms with Gasteiger partial charge >= 0.3 is 0 Å². The highest BCUT2D eigenvalue weighted by atomic mass is 16.5. The average molecular weight is 450 g/mol. The topological polar surface area (TPSA) is 60.0 Å². The summed E-state index contributed by atoms with van der Waals surface area (Å²) >= 11 is 0. The second-order valence-corrected chi connectivity index (χ2v) is 8.24. The average Bonchev–Trinajstić information content (AvgIpc) is 2.85. The minimum Gasteiger partial charge on any atom is -0.493 e. The van der Waals surface area contributed by atoms with Crippen molar-refractivity contribution in [2.45, 2.75) is 45.4 Å². The molecule has 2 N–H and O–H groups in total. The molecule has 5 nitrogen and oxygen atoms in total. The van der Waals surface area contributed by atoms with Gasteiger partial charge in [-0.05, 0) is 73.7 Å². The molecule has 33 heavy (non-hydrogen) atoms. The Hall–Kier alpha value is -3.02. The number of ether oxygens (including phenoxy) is 3. The number of aliphatic hydroxyl groups excluding tert-OH is 1. The molecular formula is C28H35NO4. The van der Waals surface area contributed by atoms with Crippen LogP contribution in [-0.2, 0) is 13.0 Å². The molecule has 0 aliphatic rings. The molecule has 0 amide bonds. The van der Waals surface area contributed by atoms with Crippen molar-refractivity contribution in [1.82, 2.24) is 5.32 Å². The fraction of sp³-hybridized carbons (Fsp3) is 0.357. The van der Waals surface area contributed by atoms with E-state index in [0.717, 1.165) is 58.9 Å². The predicted octanol–water partition coefficient (Wildman–Crippen LogP) is 5.24. The minimum atomic E-state index is -0.599. The van der Waals surface area contributed by atoms with E-state index in [2.05, 4.69) is 11.4 Å². The molecule has 0 aliphatic carbocycles. The van der Waals surface area contributed by atoms with Gasteiger partial charge in [-0.25, -0.2) is 0 Å². The summed E-state index contributed by atoms with van der Waals surface area (Å²) in [4.78, 5) is 0. The van der Waals surface area contributed by atoms with E-state index in [0.29, 0.717) is 6.61 Å². The molecule has 0 heterocycles. The number of para-hydroxylation sites is 1. The molecule has 0 spiro atoms. The molecule has 2 atom stereocenters. The van der Waals surface area contributed by atoms with E-state index >= 15 is 0 Å². The van der Waals surface area contributed by atoms with Crippen LogP contribution in [0.15, 0.2) is 66.7 Å². The third-order valence-corrected chi connectivity index (χ3v) is 5.82. The van der Waals surface area contributed by atoms with Crippen LogP contribution in [0.3, 0.4) is 0 Å². The van der Waals surface area contributed by atoms with Crippen LogP contribution in [0, 0.1) is 6.92 Å². The second-order valence-electron chi connectivity index (χ2n) is 8.24. The lowest BCUT2D eigenvalue weighted by Crippen LogP contribution is -2.33. The zero-order valence-corrected chi connectivity index (χ0v) is 20.0. The summed E-state index contributed by atoms with van der Waals surface area (Å²) in [6.45, 7) is 5.33. The molecule has 0 aliphatic heterocycles. The van der Waals surface area contributed by atoms with Crippen molar-refractivity contribution in [1.29, 1.82) is 0 Å². The molecule has 5 heteroatoms. The Morgan fingerprint density at radius 3 is 2.39 bits per heavy atom. The van der Waals surface area contributed by atoms with Crippen molar-refractivity contribution in [2.75, 3.05) is 20.8 Å². The molecule has 3 aromatic carbocycles. The van der Waals surface area contributed by atoms with E-state index < -0.39 is 6.10 Å². The number of methoxy groups -OCH3 is 2. The smallest absolute Gasteiger partial charge is 0.163 e. The van der Waals surface area contributed by atoms with Crippen molar-refractivity contribution >= 4 is 0 Å². The maximum absolute atomic E-state index is 10.8. The van der Waals surface area contributed by atoms with Gasteiger partial charge in [0.05, 0.1) is 20.3 Å². The first-order chi connectivity index (χ1) is 16.0. The lowest BCUT2D eigenvalue weighted by molar-refractivity contribution is 0.136. The maximum atomic E-state index is 10.8. The third-order valence-electron chi connectivity index (χ3n) is 5.82. The Balaban J connectivity index is 1.49. The van der Waals surface area contributed by atoms with Crippen LogP contribution >= 0.6 is 0 Å². The Morgan fingerprint density at radius 1 is 0.909 bits per heavy atom. The molecule has 0 radical (unpaired) electrons. The summed E-state index contributed by atoms with van der Waals surface area (Å²) in [5.74, 6) is 2.37. The zero-order chi connectivity index (χ0) is 23.6. The zero-order valence-electron chi connectivity index (χ0n) is 20.0. The summed E-state index contributed by atoms with van der Waals surface area (Å²) < 4.78 is 16.8. The normalized spacial score (nSPS) is 12.8. The molecule has 3 aromatic rings. The maximum Gasteiger partial charge on any atom is 0.163 e. The van der Waals surface area contributed by atoms with Crippen LogP contribution in [0.25, 0.3) is 0 Å². The van der Waals surface area contributed by atoms with E-state index in [1.54, 1.807) is 14.2 Å². The highest BCUT2D eigenvalue weighted by molar-refractivity contribution is 5.46. The van der Waals surface area contributed by atoms with Crippen LogP contribution in [0.4, 0.5) is 0 Å². The summed E-state index contributed by atoms with van der Waals surface area (Å²) in [5, 5.41) is 14.3. The number of rotatable bonds is 12. The predicted molar refractivity (Wildman–Crippen MR) is 132 cm³/mol. The van der Waals surface area contributed by atoms with Gasteiger partial charge in [0.25, 0.3) is 0 Å². The van der Waals surface area contributed by atoms with Gasteiger partial charge < -0.3 is 24.6 Å². The highest BCUT2D eigenvalue weighted by Crippen LogP contribution is 2.31. The van der Waals surface area contributed by atoms with Crippen molar-refractivity contribution in [2.24, 2.45) is 0 Å². The standard InChI is InChI=1S/C28H35NO4/c1-20-18-24(15-16-25(20)33-19-22-10-6-5-7-11-22)27(30)21(2)29-17-9-13-23-12-8-14-26(31-3)28(23)32-4/h5-8,10-12,14-16,18,21,27,29-30H,9,13,17,19H2,1-4H3. The minimum absolute atomic E-state index is 0.0762. The van der Waals surface area contributed by atoms with Gasteiger partial charge in [-0.2, -0.15) is 0 Å². The second kappa shape index (κ2) is 12.3. The molecule has 2 unspecified atom stereocenters. The lowest BCUT2D eigenvalue weighted by Gasteiger charge is -2.22. The van der Waals surface area contributed by atoms with Crippen LogP contribution in [0.2, 0.25) is 0 Å². The molecule has 0 bridgehead atoms. The van der Waals surface area contributed by atoms with E-state index in [1.807, 2.05) is 74.5 Å². The highest BCUT2D eigenvalue weighted by Gasteiger charge is 2.17. The van der Waals surface area contributed by atoms with Gasteiger partial charge in [-0.3, -0.25) is 0 Å². The van der Waals surface area contributed by atoms with Gasteiger partial charge in [0, 0.05) is 6.04 Å². The molecule has 0 fully saturated rings. The quantitative estimate of drug-likeness (QED) is 0.371. The van der Waals surface area contributed by atoms with Crippen molar-refractivity contribution in [3.05, 3.63) is 89.0 Å². The lowest BCUT2D eigenvalue weighted by atomic mass is 10.0. The Kier molecular flexibility index (Phi) is 9.16. The molecular weight excluding hydrogens is 414 g/mol. The monoisotopic (exact) mass is 449 g/mol. The van der Waals surface area contributed by atoms with Gasteiger partial charge in [0.2, 0.25) is 0 Å². The Labute approximate surface area is 197 Å². The number of hydrogen-bond acceptors (Lipinski definition) is 5. The summed E-state index contributed by atoms with van der Waals surface area (Å²) in [7, 11) is 3.31. The third kappa shape index (κ3) is 6.73. The summed E-state index contributed by atoms with van der Waals surface area (Å²) in [6, 6.07) is 21.9. The fourth-order valence-electron chi connectivity index (χ4n) is 3.91. The molecule has 0 saturated carbocycles. The van der Waals surface area contributed by atoms with Crippen molar-refractivity contribution in [3.63, 3.8) is 0 Å². The number of aryl methyl sites for hydroxylation is 2. The van der Waals surface area contributed by atoms with Crippen molar-refractivity contribution < 1.29 is 19.3 Å². The molecule has 3 rings (SSSR count). The summed E-state index contributed by atoms with van der Waals surface area (Å²) in [5.41, 5.74) is 4.15. The number of hydrogen-bond donors (Lipinski definition) is 2.